The maximum atomic E-state index is 11.8. The van der Waals surface area contributed by atoms with Crippen LogP contribution in [0.15, 0.2) is 0 Å². The summed E-state index contributed by atoms with van der Waals surface area (Å²) >= 11 is 0. The van der Waals surface area contributed by atoms with E-state index in [1.54, 1.807) is 13.8 Å². The molecule has 2 amide bonds. The molecule has 3 N–H and O–H groups in total. The number of rotatable bonds is 7. The molecule has 0 aliphatic carbocycles. The monoisotopic (exact) mass is 288 g/mol. The number of ether oxygens (including phenoxy) is 1. The van der Waals surface area contributed by atoms with Crippen molar-refractivity contribution in [3.05, 3.63) is 0 Å². The number of nitrogens with one attached hydrogen (secondary N) is 2. The van der Waals surface area contributed by atoms with Gasteiger partial charge in [0.2, 0.25) is 0 Å². The fourth-order valence-electron chi connectivity index (χ4n) is 1.68. The molecule has 0 aliphatic heterocycles. The number of aliphatic carboxylic acids is 1. The van der Waals surface area contributed by atoms with Crippen molar-refractivity contribution in [1.82, 2.24) is 10.6 Å². The van der Waals surface area contributed by atoms with Crippen LogP contribution >= 0.6 is 0 Å². The van der Waals surface area contributed by atoms with E-state index >= 15 is 0 Å². The number of esters is 1. The fraction of sp³-hybridized carbons (Fsp3) is 0.769. The van der Waals surface area contributed by atoms with Gasteiger partial charge in [-0.2, -0.15) is 0 Å². The van der Waals surface area contributed by atoms with Gasteiger partial charge in [0.05, 0.1) is 7.11 Å². The summed E-state index contributed by atoms with van der Waals surface area (Å²) < 4.78 is 4.62. The predicted octanol–water partition coefficient (Wildman–Crippen LogP) is 0.983. The van der Waals surface area contributed by atoms with Crippen molar-refractivity contribution in [2.75, 3.05) is 7.11 Å². The lowest BCUT2D eigenvalue weighted by Gasteiger charge is -2.22. The Balaban J connectivity index is 4.67. The second-order valence-corrected chi connectivity index (χ2v) is 5.38. The van der Waals surface area contributed by atoms with Gasteiger partial charge >= 0.3 is 18.0 Å². The summed E-state index contributed by atoms with van der Waals surface area (Å²) in [5.74, 6) is -1.75. The van der Waals surface area contributed by atoms with Crippen molar-refractivity contribution >= 4 is 18.0 Å². The Kier molecular flexibility index (Phi) is 7.64. The minimum absolute atomic E-state index is 0.180. The standard InChI is InChI=1S/C13H24N2O5/c1-7(2)6-9(12(18)20-5)14-13(19)15-10(8(3)4)11(16)17/h7-10H,6H2,1-5H3,(H,16,17)(H2,14,15,19)/t9?,10-/m0/s1. The zero-order valence-electron chi connectivity index (χ0n) is 12.6. The average Bonchev–Trinajstić information content (AvgIpc) is 2.32. The van der Waals surface area contributed by atoms with Crippen LogP contribution in [0.4, 0.5) is 4.79 Å². The maximum Gasteiger partial charge on any atom is 0.328 e. The highest BCUT2D eigenvalue weighted by Gasteiger charge is 2.27. The second-order valence-electron chi connectivity index (χ2n) is 5.38. The molecule has 0 rings (SSSR count). The van der Waals surface area contributed by atoms with Crippen molar-refractivity contribution in [2.45, 2.75) is 46.2 Å². The van der Waals surface area contributed by atoms with Gasteiger partial charge in [-0.05, 0) is 18.3 Å². The molecule has 0 aromatic rings. The second kappa shape index (κ2) is 8.39. The molecular formula is C13H24N2O5. The van der Waals surface area contributed by atoms with Gasteiger partial charge in [0.15, 0.2) is 0 Å². The molecule has 7 heteroatoms. The Morgan fingerprint density at radius 3 is 2.00 bits per heavy atom. The van der Waals surface area contributed by atoms with Crippen LogP contribution in [0.2, 0.25) is 0 Å². The number of hydrogen-bond donors (Lipinski definition) is 3. The van der Waals surface area contributed by atoms with Crippen LogP contribution in [-0.4, -0.2) is 42.3 Å². The Morgan fingerprint density at radius 2 is 1.65 bits per heavy atom. The van der Waals surface area contributed by atoms with E-state index in [1.807, 2.05) is 13.8 Å². The number of urea groups is 1. The highest BCUT2D eigenvalue weighted by molar-refractivity contribution is 5.86. The molecule has 116 valence electrons. The van der Waals surface area contributed by atoms with Crippen LogP contribution in [0.1, 0.15) is 34.1 Å². The fourth-order valence-corrected chi connectivity index (χ4v) is 1.68. The van der Waals surface area contributed by atoms with Gasteiger partial charge in [0.25, 0.3) is 0 Å². The van der Waals surface area contributed by atoms with E-state index < -0.39 is 30.1 Å². The van der Waals surface area contributed by atoms with Crippen LogP contribution in [-0.2, 0) is 14.3 Å². The maximum absolute atomic E-state index is 11.8. The summed E-state index contributed by atoms with van der Waals surface area (Å²) in [5.41, 5.74) is 0. The number of methoxy groups -OCH3 is 1. The van der Waals surface area contributed by atoms with Gasteiger partial charge < -0.3 is 20.5 Å². The van der Waals surface area contributed by atoms with E-state index in [-0.39, 0.29) is 11.8 Å². The molecule has 0 bridgehead atoms. The molecule has 0 saturated carbocycles. The minimum Gasteiger partial charge on any atom is -0.480 e. The first-order valence-corrected chi connectivity index (χ1v) is 6.56. The number of carbonyl (C=O) groups excluding carboxylic acids is 2. The molecule has 0 aliphatic rings. The Bertz CT molecular complexity index is 355. The SMILES string of the molecule is COC(=O)C(CC(C)C)NC(=O)N[C@H](C(=O)O)C(C)C. The Labute approximate surface area is 119 Å². The summed E-state index contributed by atoms with van der Waals surface area (Å²) in [7, 11) is 1.24. The van der Waals surface area contributed by atoms with Crippen molar-refractivity contribution in [1.29, 1.82) is 0 Å². The summed E-state index contributed by atoms with van der Waals surface area (Å²) in [6.45, 7) is 7.18. The molecule has 0 fully saturated rings. The van der Waals surface area contributed by atoms with Gasteiger partial charge in [-0.15, -0.1) is 0 Å². The Hall–Kier alpha value is -1.79. The number of carbonyl (C=O) groups is 3. The van der Waals surface area contributed by atoms with Crippen LogP contribution in [0, 0.1) is 11.8 Å². The van der Waals surface area contributed by atoms with Gasteiger partial charge in [0.1, 0.15) is 12.1 Å². The summed E-state index contributed by atoms with van der Waals surface area (Å²) in [5, 5.41) is 13.8. The van der Waals surface area contributed by atoms with E-state index in [0.29, 0.717) is 6.42 Å². The van der Waals surface area contributed by atoms with Crippen LogP contribution in [0.3, 0.4) is 0 Å². The van der Waals surface area contributed by atoms with Gasteiger partial charge in [-0.3, -0.25) is 0 Å². The smallest absolute Gasteiger partial charge is 0.328 e. The van der Waals surface area contributed by atoms with Crippen molar-refractivity contribution in [3.8, 4) is 0 Å². The average molecular weight is 288 g/mol. The van der Waals surface area contributed by atoms with Crippen LogP contribution in [0.5, 0.6) is 0 Å². The van der Waals surface area contributed by atoms with Crippen molar-refractivity contribution < 1.29 is 24.2 Å². The zero-order chi connectivity index (χ0) is 15.9. The first-order valence-electron chi connectivity index (χ1n) is 6.56. The largest absolute Gasteiger partial charge is 0.480 e. The number of hydrogen-bond acceptors (Lipinski definition) is 4. The molecule has 20 heavy (non-hydrogen) atoms. The Morgan fingerprint density at radius 1 is 1.10 bits per heavy atom. The summed E-state index contributed by atoms with van der Waals surface area (Å²) in [4.78, 5) is 34.3. The highest BCUT2D eigenvalue weighted by atomic mass is 16.5. The number of carboxylic acid groups (broad SMARTS) is 1. The minimum atomic E-state index is -1.12. The summed E-state index contributed by atoms with van der Waals surface area (Å²) in [6.07, 6.45) is 0.416. The molecule has 0 radical (unpaired) electrons. The summed E-state index contributed by atoms with van der Waals surface area (Å²) in [6, 6.07) is -2.49. The number of carboxylic acids is 1. The van der Waals surface area contributed by atoms with E-state index in [4.69, 9.17) is 5.11 Å². The molecule has 0 aromatic heterocycles. The molecule has 0 spiro atoms. The van der Waals surface area contributed by atoms with Gasteiger partial charge in [0, 0.05) is 0 Å². The van der Waals surface area contributed by atoms with E-state index in [9.17, 15) is 14.4 Å². The normalized spacial score (nSPS) is 13.8. The molecule has 0 saturated heterocycles. The molecule has 7 nitrogen and oxygen atoms in total. The lowest BCUT2D eigenvalue weighted by molar-refractivity contribution is -0.143. The quantitative estimate of drug-likeness (QED) is 0.606. The molecular weight excluding hydrogens is 264 g/mol. The van der Waals surface area contributed by atoms with Crippen LogP contribution in [0.25, 0.3) is 0 Å². The van der Waals surface area contributed by atoms with Crippen molar-refractivity contribution in [2.24, 2.45) is 11.8 Å². The molecule has 0 heterocycles. The third-order valence-electron chi connectivity index (χ3n) is 2.72. The van der Waals surface area contributed by atoms with E-state index in [2.05, 4.69) is 15.4 Å². The molecule has 2 atom stereocenters. The first-order chi connectivity index (χ1) is 9.18. The topological polar surface area (TPSA) is 105 Å². The third-order valence-corrected chi connectivity index (χ3v) is 2.72. The first kappa shape index (κ1) is 18.2. The van der Waals surface area contributed by atoms with E-state index in [1.165, 1.54) is 7.11 Å². The van der Waals surface area contributed by atoms with E-state index in [0.717, 1.165) is 0 Å². The lowest BCUT2D eigenvalue weighted by Crippen LogP contribution is -2.53. The van der Waals surface area contributed by atoms with Crippen molar-refractivity contribution in [3.63, 3.8) is 0 Å². The van der Waals surface area contributed by atoms with Gasteiger partial charge in [-0.1, -0.05) is 27.7 Å². The van der Waals surface area contributed by atoms with Crippen LogP contribution < -0.4 is 10.6 Å². The zero-order valence-corrected chi connectivity index (χ0v) is 12.6. The molecule has 1 unspecified atom stereocenters. The third kappa shape index (κ3) is 6.40. The van der Waals surface area contributed by atoms with Gasteiger partial charge in [-0.25, -0.2) is 14.4 Å². The number of amides is 2. The lowest BCUT2D eigenvalue weighted by atomic mass is 10.0. The highest BCUT2D eigenvalue weighted by Crippen LogP contribution is 2.07. The predicted molar refractivity (Wildman–Crippen MR) is 73.2 cm³/mol. The molecule has 0 aromatic carbocycles.